The molecule has 1 aromatic heterocycles. The van der Waals surface area contributed by atoms with Crippen LogP contribution in [0.15, 0.2) is 30.5 Å². The van der Waals surface area contributed by atoms with Gasteiger partial charge in [0, 0.05) is 28.7 Å². The molecular formula is C16H19ClN2. The number of nitriles is 1. The molecule has 0 spiro atoms. The molecule has 0 saturated carbocycles. The monoisotopic (exact) mass is 274 g/mol. The molecule has 2 rings (SSSR count). The zero-order chi connectivity index (χ0) is 13.9. The van der Waals surface area contributed by atoms with Gasteiger partial charge in [0.15, 0.2) is 0 Å². The molecule has 3 heteroatoms. The minimum Gasteiger partial charge on any atom is -0.347 e. The quantitative estimate of drug-likeness (QED) is 0.704. The van der Waals surface area contributed by atoms with Crippen LogP contribution in [0.2, 0.25) is 5.02 Å². The molecule has 2 nitrogen and oxygen atoms in total. The number of nitrogens with zero attached hydrogens (tertiary/aromatic N) is 2. The Balaban J connectivity index is 1.94. The van der Waals surface area contributed by atoms with E-state index in [4.69, 9.17) is 16.9 Å². The molecule has 0 atom stereocenters. The van der Waals surface area contributed by atoms with Gasteiger partial charge in [0.1, 0.15) is 0 Å². The third kappa shape index (κ3) is 3.52. The van der Waals surface area contributed by atoms with Gasteiger partial charge < -0.3 is 4.57 Å². The van der Waals surface area contributed by atoms with Crippen molar-refractivity contribution in [1.29, 1.82) is 5.26 Å². The number of benzene rings is 1. The summed E-state index contributed by atoms with van der Waals surface area (Å²) in [7, 11) is 0. The Morgan fingerprint density at radius 3 is 2.79 bits per heavy atom. The lowest BCUT2D eigenvalue weighted by atomic mass is 9.89. The number of hydrogen-bond donors (Lipinski definition) is 0. The number of aryl methyl sites for hydroxylation is 1. The highest BCUT2D eigenvalue weighted by molar-refractivity contribution is 6.31. The van der Waals surface area contributed by atoms with Gasteiger partial charge in [-0.25, -0.2) is 0 Å². The van der Waals surface area contributed by atoms with Gasteiger partial charge in [-0.1, -0.05) is 18.0 Å². The minimum atomic E-state index is -0.202. The molecule has 100 valence electrons. The highest BCUT2D eigenvalue weighted by Crippen LogP contribution is 2.23. The maximum Gasteiger partial charge on any atom is 0.0683 e. The number of unbranched alkanes of at least 4 members (excludes halogenated alkanes) is 1. The molecule has 0 N–H and O–H groups in total. The van der Waals surface area contributed by atoms with Crippen molar-refractivity contribution < 1.29 is 0 Å². The molecule has 0 radical (unpaired) electrons. The van der Waals surface area contributed by atoms with Crippen molar-refractivity contribution >= 4 is 22.5 Å². The zero-order valence-electron chi connectivity index (χ0n) is 11.5. The van der Waals surface area contributed by atoms with E-state index in [9.17, 15) is 0 Å². The Morgan fingerprint density at radius 1 is 1.26 bits per heavy atom. The van der Waals surface area contributed by atoms with Crippen LogP contribution in [0.4, 0.5) is 0 Å². The SMILES string of the molecule is CC(C)(C#N)CCCCn1ccc2cc(Cl)ccc21. The standard InChI is InChI=1S/C16H19ClN2/c1-16(2,12-18)8-3-4-9-19-10-7-13-11-14(17)5-6-15(13)19/h5-7,10-11H,3-4,8-9H2,1-2H3. The van der Waals surface area contributed by atoms with E-state index in [1.807, 2.05) is 26.0 Å². The van der Waals surface area contributed by atoms with Gasteiger partial charge in [-0.3, -0.25) is 0 Å². The van der Waals surface area contributed by atoms with Crippen LogP contribution < -0.4 is 0 Å². The van der Waals surface area contributed by atoms with Crippen molar-refractivity contribution in [3.63, 3.8) is 0 Å². The highest BCUT2D eigenvalue weighted by atomic mass is 35.5. The van der Waals surface area contributed by atoms with Crippen LogP contribution in [-0.2, 0) is 6.54 Å². The second-order valence-corrected chi connectivity index (χ2v) is 6.10. The van der Waals surface area contributed by atoms with Crippen molar-refractivity contribution in [2.24, 2.45) is 5.41 Å². The minimum absolute atomic E-state index is 0.202. The van der Waals surface area contributed by atoms with E-state index in [0.717, 1.165) is 30.8 Å². The van der Waals surface area contributed by atoms with Gasteiger partial charge in [-0.15, -0.1) is 0 Å². The molecular weight excluding hydrogens is 256 g/mol. The third-order valence-electron chi connectivity index (χ3n) is 3.49. The maximum absolute atomic E-state index is 8.98. The first-order chi connectivity index (χ1) is 9.02. The zero-order valence-corrected chi connectivity index (χ0v) is 12.2. The fourth-order valence-electron chi connectivity index (χ4n) is 2.27. The van der Waals surface area contributed by atoms with Gasteiger partial charge in [-0.2, -0.15) is 5.26 Å². The lowest BCUT2D eigenvalue weighted by Crippen LogP contribution is -2.08. The summed E-state index contributed by atoms with van der Waals surface area (Å²) in [5, 5.41) is 10.9. The molecule has 0 aliphatic heterocycles. The molecule has 1 aromatic carbocycles. The largest absolute Gasteiger partial charge is 0.347 e. The second-order valence-electron chi connectivity index (χ2n) is 5.67. The highest BCUT2D eigenvalue weighted by Gasteiger charge is 2.15. The van der Waals surface area contributed by atoms with Gasteiger partial charge >= 0.3 is 0 Å². The smallest absolute Gasteiger partial charge is 0.0683 e. The van der Waals surface area contributed by atoms with Gasteiger partial charge in [0.05, 0.1) is 11.5 Å². The summed E-state index contributed by atoms with van der Waals surface area (Å²) in [6.07, 6.45) is 5.23. The van der Waals surface area contributed by atoms with E-state index in [0.29, 0.717) is 0 Å². The molecule has 0 unspecified atom stereocenters. The van der Waals surface area contributed by atoms with Crippen molar-refractivity contribution in [3.8, 4) is 6.07 Å². The number of fused-ring (bicyclic) bond motifs is 1. The fraction of sp³-hybridized carbons (Fsp3) is 0.438. The molecule has 0 fully saturated rings. The van der Waals surface area contributed by atoms with Gasteiger partial charge in [0.25, 0.3) is 0 Å². The lowest BCUT2D eigenvalue weighted by molar-refractivity contribution is 0.418. The summed E-state index contributed by atoms with van der Waals surface area (Å²) < 4.78 is 2.25. The number of rotatable bonds is 5. The van der Waals surface area contributed by atoms with E-state index in [-0.39, 0.29) is 5.41 Å². The molecule has 19 heavy (non-hydrogen) atoms. The van der Waals surface area contributed by atoms with E-state index in [1.54, 1.807) is 0 Å². The van der Waals surface area contributed by atoms with Crippen LogP contribution in [0.5, 0.6) is 0 Å². The first-order valence-corrected chi connectivity index (χ1v) is 7.05. The average molecular weight is 275 g/mol. The second kappa shape index (κ2) is 5.67. The van der Waals surface area contributed by atoms with Crippen LogP contribution in [-0.4, -0.2) is 4.57 Å². The molecule has 0 aliphatic carbocycles. The summed E-state index contributed by atoms with van der Waals surface area (Å²) in [5.41, 5.74) is 1.02. The Kier molecular flexibility index (Phi) is 4.17. The lowest BCUT2D eigenvalue weighted by Gasteiger charge is -2.14. The molecule has 0 saturated heterocycles. The summed E-state index contributed by atoms with van der Waals surface area (Å²) in [6, 6.07) is 10.4. The van der Waals surface area contributed by atoms with Crippen molar-refractivity contribution in [3.05, 3.63) is 35.5 Å². The first kappa shape index (κ1) is 14.0. The third-order valence-corrected chi connectivity index (χ3v) is 3.72. The molecule has 0 amide bonds. The Hall–Kier alpha value is -1.46. The van der Waals surface area contributed by atoms with Crippen LogP contribution in [0.3, 0.4) is 0 Å². The van der Waals surface area contributed by atoms with E-state index >= 15 is 0 Å². The van der Waals surface area contributed by atoms with Crippen molar-refractivity contribution in [2.75, 3.05) is 0 Å². The van der Waals surface area contributed by atoms with Gasteiger partial charge in [0.2, 0.25) is 0 Å². The number of halogens is 1. The van der Waals surface area contributed by atoms with Crippen LogP contribution >= 0.6 is 11.6 Å². The summed E-state index contributed by atoms with van der Waals surface area (Å²) in [6.45, 7) is 4.99. The Bertz CT molecular complexity index is 605. The predicted molar refractivity (Wildman–Crippen MR) is 80.2 cm³/mol. The number of hydrogen-bond acceptors (Lipinski definition) is 1. The van der Waals surface area contributed by atoms with E-state index < -0.39 is 0 Å². The van der Waals surface area contributed by atoms with Crippen LogP contribution in [0.1, 0.15) is 33.1 Å². The average Bonchev–Trinajstić information content (AvgIpc) is 2.77. The van der Waals surface area contributed by atoms with Gasteiger partial charge in [-0.05, 0) is 51.0 Å². The molecule has 2 aromatic rings. The summed E-state index contributed by atoms with van der Waals surface area (Å²) in [5.74, 6) is 0. The molecule has 1 heterocycles. The predicted octanol–water partition coefficient (Wildman–Crippen LogP) is 5.01. The normalized spacial score (nSPS) is 11.7. The topological polar surface area (TPSA) is 28.7 Å². The maximum atomic E-state index is 8.98. The first-order valence-electron chi connectivity index (χ1n) is 6.67. The summed E-state index contributed by atoms with van der Waals surface area (Å²) >= 11 is 5.98. The van der Waals surface area contributed by atoms with Crippen molar-refractivity contribution in [1.82, 2.24) is 4.57 Å². The van der Waals surface area contributed by atoms with E-state index in [2.05, 4.69) is 29.0 Å². The Morgan fingerprint density at radius 2 is 2.05 bits per heavy atom. The molecule has 0 bridgehead atoms. The van der Waals surface area contributed by atoms with Crippen LogP contribution in [0.25, 0.3) is 10.9 Å². The summed E-state index contributed by atoms with van der Waals surface area (Å²) in [4.78, 5) is 0. The fourth-order valence-corrected chi connectivity index (χ4v) is 2.45. The van der Waals surface area contributed by atoms with Crippen LogP contribution in [0, 0.1) is 16.7 Å². The Labute approximate surface area is 119 Å². The van der Waals surface area contributed by atoms with Crippen molar-refractivity contribution in [2.45, 2.75) is 39.7 Å². The van der Waals surface area contributed by atoms with E-state index in [1.165, 1.54) is 10.9 Å². The number of aromatic nitrogens is 1. The molecule has 0 aliphatic rings.